The van der Waals surface area contributed by atoms with E-state index in [1.54, 1.807) is 37.4 Å². The molecule has 1 N–H and O–H groups in total. The van der Waals surface area contributed by atoms with E-state index in [1.165, 1.54) is 18.0 Å². The lowest BCUT2D eigenvalue weighted by Gasteiger charge is -2.11. The van der Waals surface area contributed by atoms with E-state index in [1.807, 2.05) is 41.0 Å². The molecule has 1 aromatic heterocycles. The van der Waals surface area contributed by atoms with Crippen LogP contribution in [0.5, 0.6) is 5.75 Å². The quantitative estimate of drug-likeness (QED) is 0.163. The summed E-state index contributed by atoms with van der Waals surface area (Å²) in [7, 11) is 1.61. The Morgan fingerprint density at radius 1 is 1.03 bits per heavy atom. The molecule has 0 fully saturated rings. The molecule has 0 saturated heterocycles. The Balaban J connectivity index is 1.53. The molecule has 4 aromatic rings. The van der Waals surface area contributed by atoms with E-state index in [0.29, 0.717) is 31.6 Å². The minimum atomic E-state index is -0.328. The molecule has 0 atom stereocenters. The van der Waals surface area contributed by atoms with E-state index < -0.39 is 0 Å². The number of hydrogen-bond acceptors (Lipinski definition) is 6. The summed E-state index contributed by atoms with van der Waals surface area (Å²) in [5.41, 5.74) is 4.64. The molecular weight excluding hydrogens is 529 g/mol. The van der Waals surface area contributed by atoms with Gasteiger partial charge in [-0.05, 0) is 60.7 Å². The fourth-order valence-corrected chi connectivity index (χ4v) is 4.44. The van der Waals surface area contributed by atoms with Gasteiger partial charge in [0.05, 0.1) is 29.1 Å². The van der Waals surface area contributed by atoms with E-state index >= 15 is 0 Å². The van der Waals surface area contributed by atoms with Crippen LogP contribution < -0.4 is 10.2 Å². The molecule has 0 bridgehead atoms. The highest BCUT2D eigenvalue weighted by atomic mass is 35.5. The molecule has 178 valence electrons. The van der Waals surface area contributed by atoms with Crippen LogP contribution >= 0.6 is 46.6 Å². The number of aromatic nitrogens is 3. The lowest BCUT2D eigenvalue weighted by Crippen LogP contribution is -2.20. The summed E-state index contributed by atoms with van der Waals surface area (Å²) in [5.74, 6) is 1.08. The number of nitrogens with zero attached hydrogens (tertiary/aromatic N) is 4. The summed E-state index contributed by atoms with van der Waals surface area (Å²) in [4.78, 5) is 12.4. The molecule has 0 aliphatic heterocycles. The summed E-state index contributed by atoms with van der Waals surface area (Å²) in [6.07, 6.45) is 1.41. The molecule has 3 aromatic carbocycles. The summed E-state index contributed by atoms with van der Waals surface area (Å²) in [6, 6.07) is 19.9. The van der Waals surface area contributed by atoms with Gasteiger partial charge in [-0.15, -0.1) is 10.2 Å². The van der Waals surface area contributed by atoms with Crippen molar-refractivity contribution in [3.8, 4) is 22.8 Å². The van der Waals surface area contributed by atoms with Gasteiger partial charge in [0.1, 0.15) is 5.75 Å². The van der Waals surface area contributed by atoms with Crippen molar-refractivity contribution in [1.29, 1.82) is 0 Å². The van der Waals surface area contributed by atoms with Gasteiger partial charge in [-0.3, -0.25) is 9.36 Å². The largest absolute Gasteiger partial charge is 0.497 e. The third-order valence-electron chi connectivity index (χ3n) is 4.78. The van der Waals surface area contributed by atoms with Gasteiger partial charge in [-0.2, -0.15) is 5.10 Å². The van der Waals surface area contributed by atoms with Crippen molar-refractivity contribution < 1.29 is 9.53 Å². The number of carbonyl (C=O) groups is 1. The fourth-order valence-electron chi connectivity index (χ4n) is 3.08. The lowest BCUT2D eigenvalue weighted by molar-refractivity contribution is -0.118. The number of amides is 1. The number of methoxy groups -OCH3 is 1. The molecule has 0 radical (unpaired) electrons. The van der Waals surface area contributed by atoms with Crippen molar-refractivity contribution in [2.45, 2.75) is 5.16 Å². The Bertz CT molecular complexity index is 1340. The average molecular weight is 547 g/mol. The Kier molecular flexibility index (Phi) is 8.30. The van der Waals surface area contributed by atoms with Gasteiger partial charge in [-0.1, -0.05) is 52.6 Å². The van der Waals surface area contributed by atoms with Crippen LogP contribution in [-0.4, -0.2) is 39.7 Å². The van der Waals surface area contributed by atoms with Gasteiger partial charge in [0.2, 0.25) is 0 Å². The Morgan fingerprint density at radius 3 is 2.37 bits per heavy atom. The molecule has 4 rings (SSSR count). The van der Waals surface area contributed by atoms with Gasteiger partial charge < -0.3 is 4.74 Å². The number of thioether (sulfide) groups is 1. The lowest BCUT2D eigenvalue weighted by atomic mass is 10.2. The molecule has 0 spiro atoms. The average Bonchev–Trinajstić information content (AvgIpc) is 3.29. The maximum atomic E-state index is 12.4. The maximum Gasteiger partial charge on any atom is 0.250 e. The van der Waals surface area contributed by atoms with Gasteiger partial charge >= 0.3 is 0 Å². The molecule has 1 amide bonds. The monoisotopic (exact) mass is 545 g/mol. The van der Waals surface area contributed by atoms with Crippen LogP contribution in [0.3, 0.4) is 0 Å². The number of carbonyl (C=O) groups excluding carboxylic acids is 1. The molecule has 0 unspecified atom stereocenters. The zero-order valence-electron chi connectivity index (χ0n) is 18.3. The van der Waals surface area contributed by atoms with E-state index in [2.05, 4.69) is 20.7 Å². The molecule has 11 heteroatoms. The first-order valence-electron chi connectivity index (χ1n) is 10.2. The second kappa shape index (κ2) is 11.6. The standard InChI is InChI=1S/C24H18Cl3N5O2S/c1-34-18-11-5-15(6-12-18)23-30-31-24(32(23)17-9-7-16(25)8-10-17)35-14-22(33)29-28-13-19-20(26)3-2-4-21(19)27/h2-13H,14H2,1H3,(H,29,33)/b28-13-. The van der Waals surface area contributed by atoms with Crippen molar-refractivity contribution in [3.05, 3.63) is 87.4 Å². The Morgan fingerprint density at radius 2 is 1.71 bits per heavy atom. The second-order valence-corrected chi connectivity index (χ2v) is 9.26. The number of hydrazone groups is 1. The topological polar surface area (TPSA) is 81.4 Å². The van der Waals surface area contributed by atoms with Crippen molar-refractivity contribution in [1.82, 2.24) is 20.2 Å². The van der Waals surface area contributed by atoms with Gasteiger partial charge in [0.25, 0.3) is 5.91 Å². The molecule has 0 aliphatic rings. The predicted octanol–water partition coefficient (Wildman–Crippen LogP) is 6.15. The highest BCUT2D eigenvalue weighted by molar-refractivity contribution is 7.99. The van der Waals surface area contributed by atoms with E-state index in [-0.39, 0.29) is 11.7 Å². The number of nitrogens with one attached hydrogen (secondary N) is 1. The zero-order chi connectivity index (χ0) is 24.8. The summed E-state index contributed by atoms with van der Waals surface area (Å²) >= 11 is 19.5. The molecule has 35 heavy (non-hydrogen) atoms. The van der Waals surface area contributed by atoms with Gasteiger partial charge in [0, 0.05) is 21.8 Å². The molecule has 0 aliphatic carbocycles. The predicted molar refractivity (Wildman–Crippen MR) is 141 cm³/mol. The number of benzene rings is 3. The number of rotatable bonds is 8. The van der Waals surface area contributed by atoms with Crippen molar-refractivity contribution in [3.63, 3.8) is 0 Å². The third-order valence-corrected chi connectivity index (χ3v) is 6.62. The highest BCUT2D eigenvalue weighted by Gasteiger charge is 2.17. The van der Waals surface area contributed by atoms with Crippen LogP contribution in [0.1, 0.15) is 5.56 Å². The van der Waals surface area contributed by atoms with Crippen LogP contribution in [0, 0.1) is 0 Å². The van der Waals surface area contributed by atoms with Crippen LogP contribution in [-0.2, 0) is 4.79 Å². The van der Waals surface area contributed by atoms with Crippen LogP contribution in [0.25, 0.3) is 17.1 Å². The van der Waals surface area contributed by atoms with E-state index in [0.717, 1.165) is 17.0 Å². The summed E-state index contributed by atoms with van der Waals surface area (Å²) in [5, 5.41) is 14.7. The van der Waals surface area contributed by atoms with E-state index in [4.69, 9.17) is 39.5 Å². The number of hydrogen-bond donors (Lipinski definition) is 1. The first kappa shape index (κ1) is 25.1. The second-order valence-electron chi connectivity index (χ2n) is 7.06. The number of halogens is 3. The SMILES string of the molecule is COc1ccc(-c2nnc(SCC(=O)N/N=C\c3c(Cl)cccc3Cl)n2-c2ccc(Cl)cc2)cc1. The normalized spacial score (nSPS) is 11.1. The van der Waals surface area contributed by atoms with Crippen molar-refractivity contribution >= 4 is 58.7 Å². The van der Waals surface area contributed by atoms with Crippen molar-refractivity contribution in [2.24, 2.45) is 5.10 Å². The van der Waals surface area contributed by atoms with Crippen molar-refractivity contribution in [2.75, 3.05) is 12.9 Å². The number of ether oxygens (including phenoxy) is 1. The fraction of sp³-hybridized carbons (Fsp3) is 0.0833. The molecular formula is C24H18Cl3N5O2S. The summed E-state index contributed by atoms with van der Waals surface area (Å²) < 4.78 is 7.11. The van der Waals surface area contributed by atoms with Crippen LogP contribution in [0.2, 0.25) is 15.1 Å². The smallest absolute Gasteiger partial charge is 0.250 e. The van der Waals surface area contributed by atoms with Crippen LogP contribution in [0.4, 0.5) is 0 Å². The van der Waals surface area contributed by atoms with Gasteiger partial charge in [0.15, 0.2) is 11.0 Å². The van der Waals surface area contributed by atoms with E-state index in [9.17, 15) is 4.79 Å². The minimum absolute atomic E-state index is 0.0575. The maximum absolute atomic E-state index is 12.4. The molecule has 1 heterocycles. The Labute approximate surface area is 221 Å². The van der Waals surface area contributed by atoms with Crippen LogP contribution in [0.15, 0.2) is 77.0 Å². The first-order valence-corrected chi connectivity index (χ1v) is 12.3. The molecule has 0 saturated carbocycles. The zero-order valence-corrected chi connectivity index (χ0v) is 21.4. The van der Waals surface area contributed by atoms with Gasteiger partial charge in [-0.25, -0.2) is 5.43 Å². The molecule has 7 nitrogen and oxygen atoms in total. The summed E-state index contributed by atoms with van der Waals surface area (Å²) in [6.45, 7) is 0. The third kappa shape index (κ3) is 6.15. The Hall–Kier alpha value is -3.04. The first-order chi connectivity index (χ1) is 17.0. The highest BCUT2D eigenvalue weighted by Crippen LogP contribution is 2.29. The minimum Gasteiger partial charge on any atom is -0.497 e.